The molecule has 1 saturated heterocycles. The number of carbonyl (C=O) groups is 1. The van der Waals surface area contributed by atoms with Crippen molar-refractivity contribution in [2.45, 2.75) is 56.2 Å². The number of carboxylic acid groups (broad SMARTS) is 1. The lowest BCUT2D eigenvalue weighted by molar-refractivity contribution is -0.136. The Bertz CT molecular complexity index is 316. The summed E-state index contributed by atoms with van der Waals surface area (Å²) in [6, 6.07) is -1.26. The Hall–Kier alpha value is -0.770. The minimum Gasteiger partial charge on any atom is -0.481 e. The summed E-state index contributed by atoms with van der Waals surface area (Å²) in [4.78, 5) is 10.4. The Balaban J connectivity index is 2.41. The number of nitrogens with one attached hydrogen (secondary N) is 2. The molecular formula is C12H24N2O6. The SMILES string of the molecule is CC(CC1N[C@@H]([C@H](O)CO)[C@H](O)[C@H]1O)NCCC(=O)O. The van der Waals surface area contributed by atoms with Gasteiger partial charge in [-0.25, -0.2) is 0 Å². The Kier molecular flexibility index (Phi) is 6.80. The Morgan fingerprint density at radius 2 is 2.00 bits per heavy atom. The summed E-state index contributed by atoms with van der Waals surface area (Å²) >= 11 is 0. The minimum absolute atomic E-state index is 0.0134. The van der Waals surface area contributed by atoms with E-state index in [2.05, 4.69) is 10.6 Å². The smallest absolute Gasteiger partial charge is 0.304 e. The molecule has 2 unspecified atom stereocenters. The van der Waals surface area contributed by atoms with Gasteiger partial charge in [0.2, 0.25) is 0 Å². The fourth-order valence-corrected chi connectivity index (χ4v) is 2.44. The number of aliphatic carboxylic acids is 1. The zero-order valence-corrected chi connectivity index (χ0v) is 11.4. The van der Waals surface area contributed by atoms with Crippen molar-refractivity contribution < 1.29 is 30.3 Å². The van der Waals surface area contributed by atoms with E-state index >= 15 is 0 Å². The first-order valence-electron chi connectivity index (χ1n) is 6.73. The van der Waals surface area contributed by atoms with E-state index in [9.17, 15) is 20.1 Å². The molecule has 8 heteroatoms. The van der Waals surface area contributed by atoms with Crippen LogP contribution in [-0.2, 0) is 4.79 Å². The van der Waals surface area contributed by atoms with E-state index in [1.165, 1.54) is 0 Å². The fraction of sp³-hybridized carbons (Fsp3) is 0.917. The summed E-state index contributed by atoms with van der Waals surface area (Å²) in [5, 5.41) is 52.6. The monoisotopic (exact) mass is 292 g/mol. The van der Waals surface area contributed by atoms with Crippen LogP contribution in [0.2, 0.25) is 0 Å². The normalized spacial score (nSPS) is 33.0. The van der Waals surface area contributed by atoms with Gasteiger partial charge >= 0.3 is 5.97 Å². The highest BCUT2D eigenvalue weighted by Crippen LogP contribution is 2.20. The van der Waals surface area contributed by atoms with Crippen molar-refractivity contribution in [2.24, 2.45) is 0 Å². The summed E-state index contributed by atoms with van der Waals surface area (Å²) in [7, 11) is 0. The third kappa shape index (κ3) is 4.65. The van der Waals surface area contributed by atoms with Crippen LogP contribution in [0.1, 0.15) is 19.8 Å². The average Bonchev–Trinajstić information content (AvgIpc) is 2.66. The summed E-state index contributed by atoms with van der Waals surface area (Å²) < 4.78 is 0. The van der Waals surface area contributed by atoms with Gasteiger partial charge in [-0.3, -0.25) is 4.79 Å². The van der Waals surface area contributed by atoms with Crippen molar-refractivity contribution in [1.82, 2.24) is 10.6 Å². The van der Waals surface area contributed by atoms with Crippen LogP contribution in [0, 0.1) is 0 Å². The Morgan fingerprint density at radius 1 is 1.35 bits per heavy atom. The molecule has 1 aliphatic heterocycles. The Labute approximate surface area is 117 Å². The first kappa shape index (κ1) is 17.3. The lowest BCUT2D eigenvalue weighted by Crippen LogP contribution is -2.46. The number of hydrogen-bond donors (Lipinski definition) is 7. The molecule has 8 nitrogen and oxygen atoms in total. The molecule has 0 aromatic heterocycles. The van der Waals surface area contributed by atoms with Crippen LogP contribution in [-0.4, -0.2) is 81.1 Å². The lowest BCUT2D eigenvalue weighted by atomic mass is 10.0. The van der Waals surface area contributed by atoms with Crippen molar-refractivity contribution in [1.29, 1.82) is 0 Å². The molecule has 0 radical (unpaired) electrons. The molecule has 1 aliphatic rings. The molecule has 1 heterocycles. The van der Waals surface area contributed by atoms with Crippen LogP contribution >= 0.6 is 0 Å². The van der Waals surface area contributed by atoms with Crippen LogP contribution < -0.4 is 10.6 Å². The summed E-state index contributed by atoms with van der Waals surface area (Å²) in [5.74, 6) is -0.884. The second-order valence-corrected chi connectivity index (χ2v) is 5.26. The van der Waals surface area contributed by atoms with E-state index in [0.29, 0.717) is 13.0 Å². The van der Waals surface area contributed by atoms with E-state index in [1.807, 2.05) is 6.92 Å². The predicted molar refractivity (Wildman–Crippen MR) is 70.2 cm³/mol. The lowest BCUT2D eigenvalue weighted by Gasteiger charge is -2.21. The van der Waals surface area contributed by atoms with Crippen LogP contribution in [0.5, 0.6) is 0 Å². The number of aliphatic hydroxyl groups is 4. The highest BCUT2D eigenvalue weighted by atomic mass is 16.4. The summed E-state index contributed by atoms with van der Waals surface area (Å²) in [5.41, 5.74) is 0. The maximum absolute atomic E-state index is 10.4. The van der Waals surface area contributed by atoms with Gasteiger partial charge in [-0.15, -0.1) is 0 Å². The molecule has 0 saturated carbocycles. The third-order valence-electron chi connectivity index (χ3n) is 3.58. The van der Waals surface area contributed by atoms with E-state index in [-0.39, 0.29) is 12.5 Å². The third-order valence-corrected chi connectivity index (χ3v) is 3.58. The molecule has 0 amide bonds. The van der Waals surface area contributed by atoms with E-state index < -0.39 is 43.0 Å². The fourth-order valence-electron chi connectivity index (χ4n) is 2.44. The van der Waals surface area contributed by atoms with E-state index in [1.54, 1.807) is 0 Å². The quantitative estimate of drug-likeness (QED) is 0.255. The highest BCUT2D eigenvalue weighted by Gasteiger charge is 2.44. The first-order chi connectivity index (χ1) is 9.36. The highest BCUT2D eigenvalue weighted by molar-refractivity contribution is 5.66. The van der Waals surface area contributed by atoms with Crippen molar-refractivity contribution in [3.05, 3.63) is 0 Å². The maximum Gasteiger partial charge on any atom is 0.304 e. The van der Waals surface area contributed by atoms with Gasteiger partial charge in [0, 0.05) is 18.6 Å². The van der Waals surface area contributed by atoms with Crippen molar-refractivity contribution >= 4 is 5.97 Å². The van der Waals surface area contributed by atoms with Crippen LogP contribution in [0.4, 0.5) is 0 Å². The van der Waals surface area contributed by atoms with Gasteiger partial charge in [0.25, 0.3) is 0 Å². The van der Waals surface area contributed by atoms with E-state index in [4.69, 9.17) is 10.2 Å². The average molecular weight is 292 g/mol. The molecule has 6 atom stereocenters. The molecule has 20 heavy (non-hydrogen) atoms. The second kappa shape index (κ2) is 7.87. The molecule has 1 rings (SSSR count). The molecule has 0 aliphatic carbocycles. The minimum atomic E-state index is -1.15. The van der Waals surface area contributed by atoms with Crippen molar-refractivity contribution in [3.63, 3.8) is 0 Å². The van der Waals surface area contributed by atoms with Gasteiger partial charge in [-0.1, -0.05) is 0 Å². The molecule has 7 N–H and O–H groups in total. The van der Waals surface area contributed by atoms with Gasteiger partial charge < -0.3 is 36.2 Å². The van der Waals surface area contributed by atoms with Crippen LogP contribution in [0.3, 0.4) is 0 Å². The van der Waals surface area contributed by atoms with Crippen LogP contribution in [0.25, 0.3) is 0 Å². The molecular weight excluding hydrogens is 268 g/mol. The zero-order chi connectivity index (χ0) is 15.3. The molecule has 0 aromatic carbocycles. The maximum atomic E-state index is 10.4. The summed E-state index contributed by atoms with van der Waals surface area (Å²) in [6.45, 7) is 1.67. The van der Waals surface area contributed by atoms with Crippen molar-refractivity contribution in [3.8, 4) is 0 Å². The largest absolute Gasteiger partial charge is 0.481 e. The second-order valence-electron chi connectivity index (χ2n) is 5.26. The first-order valence-corrected chi connectivity index (χ1v) is 6.73. The molecule has 0 aromatic rings. The van der Waals surface area contributed by atoms with Gasteiger partial charge in [0.1, 0.15) is 0 Å². The van der Waals surface area contributed by atoms with Gasteiger partial charge in [-0.05, 0) is 13.3 Å². The summed E-state index contributed by atoms with van der Waals surface area (Å²) in [6.07, 6.45) is -2.84. The number of aliphatic hydroxyl groups excluding tert-OH is 4. The number of rotatable bonds is 8. The number of hydrogen-bond acceptors (Lipinski definition) is 7. The molecule has 1 fully saturated rings. The van der Waals surface area contributed by atoms with Gasteiger partial charge in [-0.2, -0.15) is 0 Å². The standard InChI is InChI=1S/C12H24N2O6/c1-6(13-3-2-9(17)18)4-7-11(19)12(20)10(14-7)8(16)5-15/h6-8,10-16,19-20H,2-5H2,1H3,(H,17,18)/t6?,7?,8-,10+,11+,12+/m1/s1. The van der Waals surface area contributed by atoms with E-state index in [0.717, 1.165) is 0 Å². The van der Waals surface area contributed by atoms with Gasteiger partial charge in [0.05, 0.1) is 37.4 Å². The Morgan fingerprint density at radius 3 is 2.55 bits per heavy atom. The molecule has 0 spiro atoms. The zero-order valence-electron chi connectivity index (χ0n) is 11.4. The topological polar surface area (TPSA) is 142 Å². The predicted octanol–water partition coefficient (Wildman–Crippen LogP) is -2.76. The van der Waals surface area contributed by atoms with Gasteiger partial charge in [0.15, 0.2) is 0 Å². The van der Waals surface area contributed by atoms with Crippen molar-refractivity contribution in [2.75, 3.05) is 13.2 Å². The molecule has 0 bridgehead atoms. The van der Waals surface area contributed by atoms with Crippen LogP contribution in [0.15, 0.2) is 0 Å². The number of carboxylic acids is 1. The molecule has 118 valence electrons.